The van der Waals surface area contributed by atoms with E-state index in [1.165, 1.54) is 6.92 Å². The van der Waals surface area contributed by atoms with E-state index < -0.39 is 48.5 Å². The molecule has 0 aliphatic rings. The zero-order valence-electron chi connectivity index (χ0n) is 10.2. The van der Waals surface area contributed by atoms with Gasteiger partial charge in [-0.2, -0.15) is 8.78 Å². The Kier molecular flexibility index (Phi) is 5.15. The highest BCUT2D eigenvalue weighted by Gasteiger charge is 2.41. The van der Waals surface area contributed by atoms with Gasteiger partial charge in [0.1, 0.15) is 24.8 Å². The lowest BCUT2D eigenvalue weighted by molar-refractivity contribution is -0.163. The van der Waals surface area contributed by atoms with E-state index in [2.05, 4.69) is 4.74 Å². The van der Waals surface area contributed by atoms with E-state index in [0.29, 0.717) is 0 Å². The van der Waals surface area contributed by atoms with Crippen LogP contribution in [-0.4, -0.2) is 31.3 Å². The molecule has 0 spiro atoms. The monoisotopic (exact) mass is 300 g/mol. The molecule has 0 aromatic heterocycles. The molecular formula is C12H10F6O2. The van der Waals surface area contributed by atoms with Crippen molar-refractivity contribution >= 4 is 5.78 Å². The Labute approximate surface area is 110 Å². The third-order valence-corrected chi connectivity index (χ3v) is 2.41. The molecule has 1 aromatic carbocycles. The van der Waals surface area contributed by atoms with E-state index in [1.54, 1.807) is 0 Å². The van der Waals surface area contributed by atoms with Gasteiger partial charge in [-0.25, -0.2) is 17.6 Å². The van der Waals surface area contributed by atoms with Crippen molar-refractivity contribution in [3.05, 3.63) is 34.9 Å². The molecule has 8 heteroatoms. The summed E-state index contributed by atoms with van der Waals surface area (Å²) in [5.41, 5.74) is -0.960. The smallest absolute Gasteiger partial charge is 0.330 e. The summed E-state index contributed by atoms with van der Waals surface area (Å²) in [6.45, 7) is -1.57. The van der Waals surface area contributed by atoms with E-state index >= 15 is 0 Å². The van der Waals surface area contributed by atoms with Gasteiger partial charge in [0.25, 0.3) is 0 Å². The molecule has 1 aromatic rings. The Morgan fingerprint density at radius 2 is 1.90 bits per heavy atom. The number of hydrogen-bond donors (Lipinski definition) is 0. The second-order valence-corrected chi connectivity index (χ2v) is 4.03. The summed E-state index contributed by atoms with van der Waals surface area (Å²) < 4.78 is 79.5. The maximum atomic E-state index is 13.5. The van der Waals surface area contributed by atoms with Crippen LogP contribution < -0.4 is 0 Å². The molecule has 0 saturated heterocycles. The molecule has 0 N–H and O–H groups in total. The molecule has 0 saturated carbocycles. The van der Waals surface area contributed by atoms with E-state index in [-0.39, 0.29) is 5.56 Å². The Morgan fingerprint density at radius 1 is 1.30 bits per heavy atom. The van der Waals surface area contributed by atoms with Crippen molar-refractivity contribution in [3.63, 3.8) is 0 Å². The van der Waals surface area contributed by atoms with Crippen molar-refractivity contribution in [2.75, 3.05) is 13.2 Å². The topological polar surface area (TPSA) is 26.3 Å². The second kappa shape index (κ2) is 6.25. The Bertz CT molecular complexity index is 501. The summed E-state index contributed by atoms with van der Waals surface area (Å²) in [4.78, 5) is 11.5. The lowest BCUT2D eigenvalue weighted by Crippen LogP contribution is -2.33. The van der Waals surface area contributed by atoms with Crippen LogP contribution in [0.3, 0.4) is 0 Å². The summed E-state index contributed by atoms with van der Waals surface area (Å²) in [5, 5.41) is 0. The van der Waals surface area contributed by atoms with Gasteiger partial charge < -0.3 is 4.74 Å². The van der Waals surface area contributed by atoms with Crippen LogP contribution in [0.2, 0.25) is 0 Å². The van der Waals surface area contributed by atoms with E-state index in [9.17, 15) is 31.1 Å². The molecule has 0 heterocycles. The van der Waals surface area contributed by atoms with Crippen LogP contribution in [0.4, 0.5) is 26.3 Å². The zero-order chi connectivity index (χ0) is 15.5. The number of rotatable bonds is 6. The van der Waals surface area contributed by atoms with Gasteiger partial charge in [0.05, 0.1) is 5.56 Å². The molecule has 0 amide bonds. The van der Waals surface area contributed by atoms with Gasteiger partial charge in [0.2, 0.25) is 0 Å². The fourth-order valence-corrected chi connectivity index (χ4v) is 1.33. The lowest BCUT2D eigenvalue weighted by atomic mass is 10.1. The van der Waals surface area contributed by atoms with Crippen molar-refractivity contribution < 1.29 is 35.9 Å². The van der Waals surface area contributed by atoms with Crippen LogP contribution in [0.15, 0.2) is 12.1 Å². The molecule has 0 radical (unpaired) electrons. The third-order valence-electron chi connectivity index (χ3n) is 2.41. The van der Waals surface area contributed by atoms with Gasteiger partial charge in [0.15, 0.2) is 5.78 Å². The number of halogens is 6. The van der Waals surface area contributed by atoms with Gasteiger partial charge >= 0.3 is 12.3 Å². The molecule has 0 bridgehead atoms. The zero-order valence-corrected chi connectivity index (χ0v) is 10.2. The van der Waals surface area contributed by atoms with Crippen molar-refractivity contribution in [1.82, 2.24) is 0 Å². The molecular weight excluding hydrogens is 290 g/mol. The van der Waals surface area contributed by atoms with Crippen LogP contribution >= 0.6 is 0 Å². The average molecular weight is 300 g/mol. The highest BCUT2D eigenvalue weighted by Crippen LogP contribution is 2.23. The number of Topliss-reactive ketones (excluding diaryl/α,β-unsaturated/α-hetero) is 1. The number of aryl methyl sites for hydroxylation is 1. The van der Waals surface area contributed by atoms with Gasteiger partial charge in [-0.15, -0.1) is 0 Å². The number of carbonyl (C=O) groups excluding carboxylic acids is 1. The van der Waals surface area contributed by atoms with E-state index in [1.807, 2.05) is 0 Å². The highest BCUT2D eigenvalue weighted by atomic mass is 19.3. The summed E-state index contributed by atoms with van der Waals surface area (Å²) in [6.07, 6.45) is -3.95. The average Bonchev–Trinajstić information content (AvgIpc) is 2.34. The Hall–Kier alpha value is -1.57. The third kappa shape index (κ3) is 3.72. The quantitative estimate of drug-likeness (QED) is 0.595. The predicted molar refractivity (Wildman–Crippen MR) is 57.2 cm³/mol. The normalized spacial score (nSPS) is 12.0. The first kappa shape index (κ1) is 16.5. The maximum absolute atomic E-state index is 13.5. The molecule has 1 rings (SSSR count). The molecule has 2 nitrogen and oxygen atoms in total. The number of alkyl halides is 4. The van der Waals surface area contributed by atoms with Crippen molar-refractivity contribution in [2.24, 2.45) is 0 Å². The molecule has 0 fully saturated rings. The van der Waals surface area contributed by atoms with E-state index in [0.717, 1.165) is 12.1 Å². The molecule has 20 heavy (non-hydrogen) atoms. The minimum Gasteiger partial charge on any atom is -0.367 e. The molecule has 0 aliphatic heterocycles. The second-order valence-electron chi connectivity index (χ2n) is 4.03. The minimum atomic E-state index is -4.43. The fraction of sp³-hybridized carbons (Fsp3) is 0.417. The first-order chi connectivity index (χ1) is 9.16. The molecule has 0 unspecified atom stereocenters. The number of hydrogen-bond acceptors (Lipinski definition) is 2. The van der Waals surface area contributed by atoms with Gasteiger partial charge in [-0.05, 0) is 18.6 Å². The fourth-order valence-electron chi connectivity index (χ4n) is 1.33. The van der Waals surface area contributed by atoms with Crippen molar-refractivity contribution in [1.29, 1.82) is 0 Å². The van der Waals surface area contributed by atoms with E-state index in [4.69, 9.17) is 0 Å². The number of ether oxygens (including phenoxy) is 1. The molecule has 0 aliphatic carbocycles. The molecule has 0 atom stereocenters. The number of carbonyl (C=O) groups is 1. The largest absolute Gasteiger partial charge is 0.367 e. The Balaban J connectivity index is 2.72. The predicted octanol–water partition coefficient (Wildman–Crippen LogP) is 3.37. The van der Waals surface area contributed by atoms with Crippen molar-refractivity contribution in [3.8, 4) is 0 Å². The summed E-state index contributed by atoms with van der Waals surface area (Å²) in [6, 6.07) is 1.92. The Morgan fingerprint density at radius 3 is 2.45 bits per heavy atom. The van der Waals surface area contributed by atoms with Crippen LogP contribution in [0.1, 0.15) is 15.9 Å². The summed E-state index contributed by atoms with van der Waals surface area (Å²) >= 11 is 0. The van der Waals surface area contributed by atoms with Gasteiger partial charge in [-0.3, -0.25) is 4.79 Å². The minimum absolute atomic E-state index is 0.0207. The van der Waals surface area contributed by atoms with Gasteiger partial charge in [0, 0.05) is 0 Å². The molecule has 112 valence electrons. The lowest BCUT2D eigenvalue weighted by Gasteiger charge is -2.15. The standard InChI is InChI=1S/C12H10F6O2/c1-6-2-3-7(13)9(10(6)14)8(19)4-20-5-12(17,18)11(15)16/h2-3,11H,4-5H2,1H3. The first-order valence-electron chi connectivity index (χ1n) is 5.38. The van der Waals surface area contributed by atoms with Crippen LogP contribution in [0.25, 0.3) is 0 Å². The maximum Gasteiger partial charge on any atom is 0.330 e. The number of ketones is 1. The first-order valence-corrected chi connectivity index (χ1v) is 5.38. The highest BCUT2D eigenvalue weighted by molar-refractivity contribution is 5.97. The summed E-state index contributed by atoms with van der Waals surface area (Å²) in [5.74, 6) is -7.99. The van der Waals surface area contributed by atoms with Crippen LogP contribution in [-0.2, 0) is 4.74 Å². The van der Waals surface area contributed by atoms with Crippen LogP contribution in [0.5, 0.6) is 0 Å². The number of benzene rings is 1. The SMILES string of the molecule is Cc1ccc(F)c(C(=O)COCC(F)(F)C(F)F)c1F. The summed E-state index contributed by atoms with van der Waals surface area (Å²) in [7, 11) is 0. The van der Waals surface area contributed by atoms with Crippen LogP contribution in [0, 0.1) is 18.6 Å². The van der Waals surface area contributed by atoms with Gasteiger partial charge in [-0.1, -0.05) is 6.07 Å². The van der Waals surface area contributed by atoms with Crippen molar-refractivity contribution in [2.45, 2.75) is 19.3 Å².